The van der Waals surface area contributed by atoms with Crippen molar-refractivity contribution in [2.24, 2.45) is 0 Å². The second-order valence-electron chi connectivity index (χ2n) is 5.07. The van der Waals surface area contributed by atoms with E-state index < -0.39 is 44.8 Å². The van der Waals surface area contributed by atoms with Gasteiger partial charge in [-0.25, -0.2) is 17.2 Å². The fourth-order valence-corrected chi connectivity index (χ4v) is 2.90. The third kappa shape index (κ3) is 5.94. The van der Waals surface area contributed by atoms with Crippen LogP contribution in [0, 0.1) is 23.5 Å². The van der Waals surface area contributed by atoms with Gasteiger partial charge in [0, 0.05) is 0 Å². The summed E-state index contributed by atoms with van der Waals surface area (Å²) < 4.78 is 94.9. The minimum absolute atomic E-state index is 0.0541. The van der Waals surface area contributed by atoms with Crippen molar-refractivity contribution in [1.29, 1.82) is 0 Å². The first-order valence-electron chi connectivity index (χ1n) is 7.30. The van der Waals surface area contributed by atoms with Crippen molar-refractivity contribution in [3.63, 3.8) is 0 Å². The van der Waals surface area contributed by atoms with E-state index in [-0.39, 0.29) is 12.4 Å². The molecule has 1 N–H and O–H groups in total. The summed E-state index contributed by atoms with van der Waals surface area (Å²) in [6.45, 7) is -0.721. The number of benzene rings is 2. The highest BCUT2D eigenvalue weighted by Gasteiger charge is 2.30. The molecule has 27 heavy (non-hydrogen) atoms. The van der Waals surface area contributed by atoms with Gasteiger partial charge >= 0.3 is 6.18 Å². The molecule has 0 spiro atoms. The minimum atomic E-state index is -4.50. The minimum Gasteiger partial charge on any atom is -0.481 e. The first-order chi connectivity index (χ1) is 12.6. The number of sulfonamides is 1. The van der Waals surface area contributed by atoms with Crippen molar-refractivity contribution >= 4 is 10.0 Å². The standard InChI is InChI=1S/C17H12F5NO3S/c18-13-6-7-15(19)16(11-13)27(24,25)23-8-1-2-9-26-14-5-3-4-12(10-14)17(20,21)22/h3-7,10-11,23H,8-9H2. The highest BCUT2D eigenvalue weighted by molar-refractivity contribution is 7.89. The second kappa shape index (κ2) is 8.37. The van der Waals surface area contributed by atoms with Gasteiger partial charge in [-0.3, -0.25) is 0 Å². The van der Waals surface area contributed by atoms with Crippen LogP contribution in [-0.4, -0.2) is 21.6 Å². The molecule has 0 radical (unpaired) electrons. The average molecular weight is 405 g/mol. The molecular weight excluding hydrogens is 393 g/mol. The Hall–Kier alpha value is -2.64. The van der Waals surface area contributed by atoms with Gasteiger partial charge in [0.05, 0.1) is 12.1 Å². The van der Waals surface area contributed by atoms with Gasteiger partial charge in [0.2, 0.25) is 10.0 Å². The molecular formula is C17H12F5NO3S. The Morgan fingerprint density at radius 1 is 1.04 bits per heavy atom. The number of alkyl halides is 3. The lowest BCUT2D eigenvalue weighted by Gasteiger charge is -2.08. The summed E-state index contributed by atoms with van der Waals surface area (Å²) in [5, 5.41) is 0. The highest BCUT2D eigenvalue weighted by atomic mass is 32.2. The number of hydrogen-bond acceptors (Lipinski definition) is 3. The fraction of sp³-hybridized carbons (Fsp3) is 0.176. The molecule has 0 saturated heterocycles. The molecule has 0 aromatic heterocycles. The van der Waals surface area contributed by atoms with Crippen LogP contribution in [0.25, 0.3) is 0 Å². The molecule has 4 nitrogen and oxygen atoms in total. The SMILES string of the molecule is O=S(=O)(NCC#CCOc1cccc(C(F)(F)F)c1)c1cc(F)ccc1F. The molecule has 0 heterocycles. The first kappa shape index (κ1) is 20.7. The Labute approximate surface area is 152 Å². The summed E-state index contributed by atoms with van der Waals surface area (Å²) in [6, 6.07) is 6.16. The molecule has 144 valence electrons. The zero-order valence-corrected chi connectivity index (χ0v) is 14.3. The summed E-state index contributed by atoms with van der Waals surface area (Å²) in [4.78, 5) is -0.857. The van der Waals surface area contributed by atoms with Gasteiger partial charge in [0.15, 0.2) is 0 Å². The lowest BCUT2D eigenvalue weighted by Crippen LogP contribution is -2.25. The molecule has 10 heteroatoms. The Kier molecular flexibility index (Phi) is 6.41. The fourth-order valence-electron chi connectivity index (χ4n) is 1.89. The quantitative estimate of drug-likeness (QED) is 0.613. The number of hydrogen-bond donors (Lipinski definition) is 1. The van der Waals surface area contributed by atoms with Gasteiger partial charge in [-0.05, 0) is 36.4 Å². The van der Waals surface area contributed by atoms with E-state index in [1.54, 1.807) is 0 Å². The molecule has 2 rings (SSSR count). The van der Waals surface area contributed by atoms with Gasteiger partial charge in [0.1, 0.15) is 28.9 Å². The van der Waals surface area contributed by atoms with Crippen molar-refractivity contribution < 1.29 is 35.1 Å². The van der Waals surface area contributed by atoms with Crippen LogP contribution < -0.4 is 9.46 Å². The predicted octanol–water partition coefficient (Wildman–Crippen LogP) is 3.34. The topological polar surface area (TPSA) is 55.4 Å². The number of nitrogens with one attached hydrogen (secondary N) is 1. The van der Waals surface area contributed by atoms with E-state index in [0.29, 0.717) is 12.1 Å². The van der Waals surface area contributed by atoms with Crippen molar-refractivity contribution in [3.8, 4) is 17.6 Å². The van der Waals surface area contributed by atoms with Gasteiger partial charge < -0.3 is 4.74 Å². The van der Waals surface area contributed by atoms with E-state index in [1.165, 1.54) is 12.1 Å². The van der Waals surface area contributed by atoms with E-state index in [4.69, 9.17) is 4.74 Å². The summed E-state index contributed by atoms with van der Waals surface area (Å²) in [6.07, 6.45) is -4.50. The van der Waals surface area contributed by atoms with E-state index in [9.17, 15) is 30.4 Å². The molecule has 0 saturated carbocycles. The highest BCUT2D eigenvalue weighted by Crippen LogP contribution is 2.31. The Morgan fingerprint density at radius 2 is 1.78 bits per heavy atom. The lowest BCUT2D eigenvalue weighted by atomic mass is 10.2. The Morgan fingerprint density at radius 3 is 2.48 bits per heavy atom. The van der Waals surface area contributed by atoms with Crippen LogP contribution in [0.2, 0.25) is 0 Å². The summed E-state index contributed by atoms with van der Waals surface area (Å²) >= 11 is 0. The summed E-state index contributed by atoms with van der Waals surface area (Å²) in [7, 11) is -4.31. The number of halogens is 5. The first-order valence-corrected chi connectivity index (χ1v) is 8.78. The molecule has 2 aromatic rings. The second-order valence-corrected chi connectivity index (χ2v) is 6.80. The van der Waals surface area contributed by atoms with Crippen LogP contribution in [-0.2, 0) is 16.2 Å². The predicted molar refractivity (Wildman–Crippen MR) is 86.3 cm³/mol. The molecule has 0 unspecified atom stereocenters. The van der Waals surface area contributed by atoms with Gasteiger partial charge in [-0.2, -0.15) is 17.9 Å². The van der Waals surface area contributed by atoms with E-state index >= 15 is 0 Å². The largest absolute Gasteiger partial charge is 0.481 e. The molecule has 0 aliphatic carbocycles. The zero-order valence-electron chi connectivity index (χ0n) is 13.5. The van der Waals surface area contributed by atoms with Crippen LogP contribution >= 0.6 is 0 Å². The molecule has 2 aromatic carbocycles. The summed E-state index contributed by atoms with van der Waals surface area (Å²) in [5.41, 5.74) is -0.877. The van der Waals surface area contributed by atoms with Gasteiger partial charge in [0.25, 0.3) is 0 Å². The summed E-state index contributed by atoms with van der Waals surface area (Å²) in [5.74, 6) is 2.66. The van der Waals surface area contributed by atoms with Crippen LogP contribution in [0.1, 0.15) is 5.56 Å². The third-order valence-electron chi connectivity index (χ3n) is 3.13. The monoisotopic (exact) mass is 405 g/mol. The van der Waals surface area contributed by atoms with Crippen LogP contribution in [0.5, 0.6) is 5.75 Å². The van der Waals surface area contributed by atoms with Crippen LogP contribution in [0.15, 0.2) is 47.4 Å². The van der Waals surface area contributed by atoms with Crippen molar-refractivity contribution in [3.05, 3.63) is 59.7 Å². The van der Waals surface area contributed by atoms with Crippen LogP contribution in [0.3, 0.4) is 0 Å². The molecule has 0 fully saturated rings. The zero-order chi connectivity index (χ0) is 20.1. The van der Waals surface area contributed by atoms with Crippen LogP contribution in [0.4, 0.5) is 22.0 Å². The normalized spacial score (nSPS) is 11.6. The van der Waals surface area contributed by atoms with Crippen molar-refractivity contribution in [2.75, 3.05) is 13.2 Å². The maximum Gasteiger partial charge on any atom is 0.416 e. The third-order valence-corrected chi connectivity index (χ3v) is 4.55. The molecule has 0 bridgehead atoms. The Bertz CT molecular complexity index is 978. The maximum absolute atomic E-state index is 13.5. The molecule has 0 amide bonds. The van der Waals surface area contributed by atoms with E-state index in [1.807, 2.05) is 4.72 Å². The van der Waals surface area contributed by atoms with Crippen molar-refractivity contribution in [2.45, 2.75) is 11.1 Å². The maximum atomic E-state index is 13.5. The molecule has 0 aliphatic rings. The average Bonchev–Trinajstić information content (AvgIpc) is 2.59. The van der Waals surface area contributed by atoms with E-state index in [0.717, 1.165) is 18.2 Å². The Balaban J connectivity index is 1.90. The number of ether oxygens (including phenoxy) is 1. The van der Waals surface area contributed by atoms with Gasteiger partial charge in [-0.1, -0.05) is 17.9 Å². The molecule has 0 atom stereocenters. The smallest absolute Gasteiger partial charge is 0.416 e. The van der Waals surface area contributed by atoms with Crippen molar-refractivity contribution in [1.82, 2.24) is 4.72 Å². The molecule has 0 aliphatic heterocycles. The lowest BCUT2D eigenvalue weighted by molar-refractivity contribution is -0.137. The van der Waals surface area contributed by atoms with Gasteiger partial charge in [-0.15, -0.1) is 0 Å². The van der Waals surface area contributed by atoms with E-state index in [2.05, 4.69) is 11.8 Å². The number of rotatable bonds is 5.